The molecule has 22 heavy (non-hydrogen) atoms. The quantitative estimate of drug-likeness (QED) is 0.848. The lowest BCUT2D eigenvalue weighted by atomic mass is 9.98. The van der Waals surface area contributed by atoms with Crippen molar-refractivity contribution in [2.75, 3.05) is 20.6 Å². The molecule has 0 heterocycles. The van der Waals surface area contributed by atoms with Gasteiger partial charge in [-0.05, 0) is 47.4 Å². The maximum Gasteiger partial charge on any atom is 0.408 e. The van der Waals surface area contributed by atoms with E-state index in [0.717, 1.165) is 5.56 Å². The Balaban J connectivity index is 2.98. The van der Waals surface area contributed by atoms with E-state index in [0.29, 0.717) is 12.1 Å². The molecule has 0 radical (unpaired) electrons. The summed E-state index contributed by atoms with van der Waals surface area (Å²) in [5.74, 6) is 0.0510. The third kappa shape index (κ3) is 4.56. The zero-order valence-electron chi connectivity index (χ0n) is 14.3. The number of amides is 1. The molecular formula is C17H26N2O3. The van der Waals surface area contributed by atoms with Crippen molar-refractivity contribution in [2.45, 2.75) is 39.3 Å². The highest BCUT2D eigenvalue weighted by molar-refractivity contribution is 5.97. The number of hydrogen-bond donors (Lipinski definition) is 1. The van der Waals surface area contributed by atoms with E-state index < -0.39 is 11.6 Å². The van der Waals surface area contributed by atoms with Gasteiger partial charge in [0.05, 0.1) is 12.6 Å². The van der Waals surface area contributed by atoms with Gasteiger partial charge in [0, 0.05) is 11.1 Å². The van der Waals surface area contributed by atoms with Gasteiger partial charge in [-0.25, -0.2) is 4.79 Å². The van der Waals surface area contributed by atoms with Crippen LogP contribution in [0.3, 0.4) is 0 Å². The number of benzene rings is 1. The number of carbonyl (C=O) groups excluding carboxylic acids is 1. The molecule has 0 saturated carbocycles. The Morgan fingerprint density at radius 2 is 1.64 bits per heavy atom. The van der Waals surface area contributed by atoms with Crippen LogP contribution < -0.4 is 0 Å². The van der Waals surface area contributed by atoms with E-state index in [9.17, 15) is 14.7 Å². The molecule has 1 rings (SSSR count). The lowest BCUT2D eigenvalue weighted by molar-refractivity contribution is 0.0752. The van der Waals surface area contributed by atoms with Crippen molar-refractivity contribution in [1.29, 1.82) is 0 Å². The molecule has 5 nitrogen and oxygen atoms in total. The minimum absolute atomic E-state index is 0.0510. The Bertz CT molecular complexity index is 530. The third-order valence-electron chi connectivity index (χ3n) is 3.49. The molecule has 0 bridgehead atoms. The van der Waals surface area contributed by atoms with E-state index in [1.54, 1.807) is 12.1 Å². The average molecular weight is 306 g/mol. The van der Waals surface area contributed by atoms with Gasteiger partial charge in [-0.3, -0.25) is 9.69 Å². The summed E-state index contributed by atoms with van der Waals surface area (Å²) in [7, 11) is 3.70. The number of hydrogen-bond acceptors (Lipinski definition) is 3. The minimum atomic E-state index is -0.951. The first-order chi connectivity index (χ1) is 10.0. The van der Waals surface area contributed by atoms with E-state index >= 15 is 0 Å². The molecule has 122 valence electrons. The number of carboxylic acid groups (broad SMARTS) is 1. The van der Waals surface area contributed by atoms with E-state index in [1.807, 2.05) is 58.8 Å². The van der Waals surface area contributed by atoms with Gasteiger partial charge in [0.25, 0.3) is 0 Å². The van der Waals surface area contributed by atoms with Crippen LogP contribution >= 0.6 is 0 Å². The van der Waals surface area contributed by atoms with E-state index in [2.05, 4.69) is 0 Å². The monoisotopic (exact) mass is 306 g/mol. The molecule has 1 aromatic carbocycles. The summed E-state index contributed by atoms with van der Waals surface area (Å²) in [4.78, 5) is 26.8. The van der Waals surface area contributed by atoms with Gasteiger partial charge in [0.15, 0.2) is 5.78 Å². The Kier molecular flexibility index (Phi) is 5.72. The van der Waals surface area contributed by atoms with Crippen LogP contribution in [0.5, 0.6) is 0 Å². The summed E-state index contributed by atoms with van der Waals surface area (Å²) in [5, 5.41) is 9.45. The smallest absolute Gasteiger partial charge is 0.408 e. The third-order valence-corrected chi connectivity index (χ3v) is 3.49. The normalized spacial score (nSPS) is 13.0. The molecule has 1 atom stereocenters. The van der Waals surface area contributed by atoms with Gasteiger partial charge < -0.3 is 10.0 Å². The molecule has 0 aliphatic heterocycles. The van der Waals surface area contributed by atoms with Crippen LogP contribution in [-0.2, 0) is 0 Å². The fraction of sp³-hybridized carbons (Fsp3) is 0.529. The Morgan fingerprint density at radius 1 is 1.14 bits per heavy atom. The first-order valence-electron chi connectivity index (χ1n) is 7.34. The van der Waals surface area contributed by atoms with Gasteiger partial charge in [-0.2, -0.15) is 0 Å². The molecule has 1 amide bonds. The maximum atomic E-state index is 12.0. The topological polar surface area (TPSA) is 60.9 Å². The number of rotatable bonds is 5. The van der Waals surface area contributed by atoms with Gasteiger partial charge >= 0.3 is 6.09 Å². The minimum Gasteiger partial charge on any atom is -0.465 e. The maximum absolute atomic E-state index is 12.0. The fourth-order valence-electron chi connectivity index (χ4n) is 2.51. The number of nitrogens with zero attached hydrogens (tertiary/aromatic N) is 2. The SMILES string of the molecule is C[C@@H](c1ccc(C(=O)CN(C)C)cc1)N(C(=O)O)C(C)(C)C. The Labute approximate surface area is 132 Å². The van der Waals surface area contributed by atoms with Gasteiger partial charge in [-0.15, -0.1) is 0 Å². The molecule has 0 aliphatic rings. The van der Waals surface area contributed by atoms with Crippen molar-refractivity contribution in [3.05, 3.63) is 35.4 Å². The van der Waals surface area contributed by atoms with E-state index in [4.69, 9.17) is 0 Å². The van der Waals surface area contributed by atoms with Crippen molar-refractivity contribution in [3.8, 4) is 0 Å². The summed E-state index contributed by atoms with van der Waals surface area (Å²) < 4.78 is 0. The number of ketones is 1. The highest BCUT2D eigenvalue weighted by Gasteiger charge is 2.31. The highest BCUT2D eigenvalue weighted by Crippen LogP contribution is 2.28. The van der Waals surface area contributed by atoms with Gasteiger partial charge in [0.2, 0.25) is 0 Å². The molecule has 1 aromatic rings. The summed E-state index contributed by atoms with van der Waals surface area (Å²) in [5.41, 5.74) is 1.02. The van der Waals surface area contributed by atoms with Crippen LogP contribution in [0.1, 0.15) is 49.7 Å². The van der Waals surface area contributed by atoms with Gasteiger partial charge in [0.1, 0.15) is 0 Å². The second kappa shape index (κ2) is 6.92. The number of carbonyl (C=O) groups is 2. The van der Waals surface area contributed by atoms with Crippen molar-refractivity contribution in [1.82, 2.24) is 9.80 Å². The van der Waals surface area contributed by atoms with Crippen LogP contribution in [0.2, 0.25) is 0 Å². The van der Waals surface area contributed by atoms with Crippen molar-refractivity contribution < 1.29 is 14.7 Å². The average Bonchev–Trinajstić information content (AvgIpc) is 2.35. The van der Waals surface area contributed by atoms with E-state index in [1.165, 1.54) is 4.90 Å². The van der Waals surface area contributed by atoms with Crippen LogP contribution in [0, 0.1) is 0 Å². The number of Topliss-reactive ketones (excluding diaryl/α,β-unsaturated/α-hetero) is 1. The molecule has 0 aliphatic carbocycles. The zero-order chi connectivity index (χ0) is 17.1. The van der Waals surface area contributed by atoms with Crippen molar-refractivity contribution in [2.24, 2.45) is 0 Å². The summed E-state index contributed by atoms with van der Waals surface area (Å²) >= 11 is 0. The summed E-state index contributed by atoms with van der Waals surface area (Å²) in [6.45, 7) is 7.82. The second-order valence-corrected chi connectivity index (χ2v) is 6.78. The molecule has 0 fully saturated rings. The molecule has 0 saturated heterocycles. The molecule has 0 unspecified atom stereocenters. The van der Waals surface area contributed by atoms with Crippen molar-refractivity contribution >= 4 is 11.9 Å². The van der Waals surface area contributed by atoms with Crippen LogP contribution in [0.4, 0.5) is 4.79 Å². The van der Waals surface area contributed by atoms with Crippen LogP contribution in [-0.4, -0.2) is 53.0 Å². The predicted octanol–water partition coefficient (Wildman–Crippen LogP) is 3.27. The first-order valence-corrected chi connectivity index (χ1v) is 7.34. The summed E-state index contributed by atoms with van der Waals surface area (Å²) in [6.07, 6.45) is -0.951. The fourth-order valence-corrected chi connectivity index (χ4v) is 2.51. The molecule has 1 N–H and O–H groups in total. The van der Waals surface area contributed by atoms with Crippen LogP contribution in [0.25, 0.3) is 0 Å². The predicted molar refractivity (Wildman–Crippen MR) is 87.4 cm³/mol. The zero-order valence-corrected chi connectivity index (χ0v) is 14.3. The molecular weight excluding hydrogens is 280 g/mol. The van der Waals surface area contributed by atoms with E-state index in [-0.39, 0.29) is 11.8 Å². The largest absolute Gasteiger partial charge is 0.465 e. The lowest BCUT2D eigenvalue weighted by Gasteiger charge is -2.38. The second-order valence-electron chi connectivity index (χ2n) is 6.78. The lowest BCUT2D eigenvalue weighted by Crippen LogP contribution is -2.46. The first kappa shape index (κ1) is 18.2. The molecule has 5 heteroatoms. The van der Waals surface area contributed by atoms with Gasteiger partial charge in [-0.1, -0.05) is 24.3 Å². The Hall–Kier alpha value is -1.88. The van der Waals surface area contributed by atoms with Crippen molar-refractivity contribution in [3.63, 3.8) is 0 Å². The highest BCUT2D eigenvalue weighted by atomic mass is 16.4. The Morgan fingerprint density at radius 3 is 2.00 bits per heavy atom. The van der Waals surface area contributed by atoms with Crippen LogP contribution in [0.15, 0.2) is 24.3 Å². The standard InChI is InChI=1S/C17H26N2O3/c1-12(19(16(21)22)17(2,3)4)13-7-9-14(10-8-13)15(20)11-18(5)6/h7-10,12H,11H2,1-6H3,(H,21,22)/t12-/m0/s1. The number of likely N-dealkylation sites (N-methyl/N-ethyl adjacent to an activating group) is 1. The molecule has 0 aromatic heterocycles. The molecule has 0 spiro atoms. The summed E-state index contributed by atoms with van der Waals surface area (Å²) in [6, 6.07) is 6.90.